The number of ether oxygens (including phenoxy) is 2. The number of aromatic nitrogens is 3. The number of nitrogens with one attached hydrogen (secondary N) is 4. The van der Waals surface area contributed by atoms with E-state index in [2.05, 4.69) is 30.9 Å². The van der Waals surface area contributed by atoms with Gasteiger partial charge in [0.2, 0.25) is 0 Å². The Labute approximate surface area is 258 Å². The van der Waals surface area contributed by atoms with E-state index in [1.807, 2.05) is 30.3 Å². The Bertz CT molecular complexity index is 1750. The molecule has 13 heteroatoms. The largest absolute Gasteiger partial charge is 0.467 e. The fraction of sp³-hybridized carbons (Fsp3) is 0.290. The van der Waals surface area contributed by atoms with Gasteiger partial charge >= 0.3 is 12.1 Å². The van der Waals surface area contributed by atoms with Crippen molar-refractivity contribution in [2.45, 2.75) is 45.8 Å². The number of halogens is 1. The Morgan fingerprint density at radius 2 is 1.75 bits per heavy atom. The molecule has 230 valence electrons. The molecule has 0 spiro atoms. The second-order valence-corrected chi connectivity index (χ2v) is 11.3. The first-order chi connectivity index (χ1) is 20.8. The number of nitrogens with zero attached hydrogens (tertiary/aromatic N) is 2. The molecule has 4 rings (SSSR count). The summed E-state index contributed by atoms with van der Waals surface area (Å²) in [4.78, 5) is 62.3. The molecule has 0 fully saturated rings. The number of hydrogen-bond donors (Lipinski definition) is 4. The van der Waals surface area contributed by atoms with E-state index in [0.29, 0.717) is 17.5 Å². The van der Waals surface area contributed by atoms with Crippen LogP contribution in [0.2, 0.25) is 5.02 Å². The molecule has 2 aromatic carbocycles. The number of rotatable bonds is 9. The van der Waals surface area contributed by atoms with E-state index in [9.17, 15) is 19.2 Å². The van der Waals surface area contributed by atoms with Crippen LogP contribution >= 0.6 is 11.6 Å². The molecule has 0 aliphatic carbocycles. The maximum atomic E-state index is 13.4. The number of amides is 3. The lowest BCUT2D eigenvalue weighted by molar-refractivity contribution is 0.0526. The van der Waals surface area contributed by atoms with Crippen molar-refractivity contribution in [3.8, 4) is 6.01 Å². The Hall–Kier alpha value is -4.97. The Balaban J connectivity index is 1.51. The van der Waals surface area contributed by atoms with Crippen LogP contribution in [0.1, 0.15) is 65.2 Å². The quantitative estimate of drug-likeness (QED) is 0.205. The standard InChI is InChI=1S/C31H33ClN6O6/c1-17-20-16-21(28(41)37-25(20)38-29(34-17)43-5)27(40)36-24-15-19(11-12-22(24)32)26(39)35-23(18-9-7-6-8-10-18)13-14-33-30(42)44-31(2,3)4/h6-12,15-16,23H,13-14H2,1-5H3,(H,33,42)(H,35,39)(H,36,40)(H,34,37,38,41). The average Bonchev–Trinajstić information content (AvgIpc) is 2.96. The molecule has 0 radical (unpaired) electrons. The second kappa shape index (κ2) is 13.6. The molecule has 0 aliphatic rings. The van der Waals surface area contributed by atoms with Crippen LogP contribution in [0.25, 0.3) is 11.0 Å². The Morgan fingerprint density at radius 3 is 2.43 bits per heavy atom. The monoisotopic (exact) mass is 620 g/mol. The predicted octanol–water partition coefficient (Wildman–Crippen LogP) is 4.93. The number of carbonyl (C=O) groups excluding carboxylic acids is 3. The number of carbonyl (C=O) groups is 3. The first-order valence-electron chi connectivity index (χ1n) is 13.7. The van der Waals surface area contributed by atoms with Gasteiger partial charge in [-0.3, -0.25) is 14.4 Å². The minimum absolute atomic E-state index is 0.0820. The van der Waals surface area contributed by atoms with E-state index in [0.717, 1.165) is 5.56 Å². The molecule has 0 saturated heterocycles. The topological polar surface area (TPSA) is 164 Å². The summed E-state index contributed by atoms with van der Waals surface area (Å²) < 4.78 is 10.3. The summed E-state index contributed by atoms with van der Waals surface area (Å²) in [5.41, 5.74) is 0.408. The van der Waals surface area contributed by atoms with Crippen LogP contribution in [0.4, 0.5) is 10.5 Å². The van der Waals surface area contributed by atoms with Gasteiger partial charge in [0, 0.05) is 17.5 Å². The van der Waals surface area contributed by atoms with E-state index < -0.39 is 35.1 Å². The third kappa shape index (κ3) is 8.10. The summed E-state index contributed by atoms with van der Waals surface area (Å²) in [6.45, 7) is 7.26. The van der Waals surface area contributed by atoms with E-state index >= 15 is 0 Å². The zero-order chi connectivity index (χ0) is 32.0. The summed E-state index contributed by atoms with van der Waals surface area (Å²) in [7, 11) is 1.41. The summed E-state index contributed by atoms with van der Waals surface area (Å²) in [6.07, 6.45) is -0.173. The molecule has 1 atom stereocenters. The number of alkyl carbamates (subject to hydrolysis) is 1. The zero-order valence-electron chi connectivity index (χ0n) is 24.9. The maximum Gasteiger partial charge on any atom is 0.407 e. The molecular formula is C31H33ClN6O6. The van der Waals surface area contributed by atoms with Crippen molar-refractivity contribution in [2.75, 3.05) is 19.0 Å². The summed E-state index contributed by atoms with van der Waals surface area (Å²) in [5, 5.41) is 8.94. The molecule has 2 heterocycles. The predicted molar refractivity (Wildman–Crippen MR) is 166 cm³/mol. The fourth-order valence-electron chi connectivity index (χ4n) is 4.30. The molecule has 2 aromatic heterocycles. The first-order valence-corrected chi connectivity index (χ1v) is 14.1. The lowest BCUT2D eigenvalue weighted by Gasteiger charge is -2.22. The number of anilines is 1. The number of pyridine rings is 1. The van der Waals surface area contributed by atoms with Crippen molar-refractivity contribution < 1.29 is 23.9 Å². The van der Waals surface area contributed by atoms with Gasteiger partial charge in [-0.1, -0.05) is 41.9 Å². The third-order valence-electron chi connectivity index (χ3n) is 6.39. The highest BCUT2D eigenvalue weighted by Crippen LogP contribution is 2.25. The van der Waals surface area contributed by atoms with Gasteiger partial charge in [0.05, 0.1) is 29.6 Å². The summed E-state index contributed by atoms with van der Waals surface area (Å²) in [5.74, 6) is -1.17. The van der Waals surface area contributed by atoms with Crippen molar-refractivity contribution >= 4 is 46.2 Å². The van der Waals surface area contributed by atoms with Crippen LogP contribution in [-0.4, -0.2) is 52.1 Å². The van der Waals surface area contributed by atoms with Crippen LogP contribution in [-0.2, 0) is 4.74 Å². The average molecular weight is 621 g/mol. The molecule has 12 nitrogen and oxygen atoms in total. The second-order valence-electron chi connectivity index (χ2n) is 10.9. The number of aryl methyl sites for hydroxylation is 1. The van der Waals surface area contributed by atoms with Gasteiger partial charge in [-0.05, 0) is 63.9 Å². The molecule has 0 saturated carbocycles. The molecule has 0 bridgehead atoms. The Morgan fingerprint density at radius 1 is 1.02 bits per heavy atom. The lowest BCUT2D eigenvalue weighted by Crippen LogP contribution is -2.35. The fourth-order valence-corrected chi connectivity index (χ4v) is 4.47. The van der Waals surface area contributed by atoms with Crippen molar-refractivity contribution in [3.63, 3.8) is 0 Å². The van der Waals surface area contributed by atoms with Gasteiger partial charge < -0.3 is 30.4 Å². The summed E-state index contributed by atoms with van der Waals surface area (Å²) in [6, 6.07) is 14.7. The van der Waals surface area contributed by atoms with Gasteiger partial charge in [-0.25, -0.2) is 4.79 Å². The van der Waals surface area contributed by atoms with Crippen LogP contribution in [0, 0.1) is 6.92 Å². The number of benzene rings is 2. The zero-order valence-corrected chi connectivity index (χ0v) is 25.7. The Kier molecular flexibility index (Phi) is 9.84. The van der Waals surface area contributed by atoms with Crippen molar-refractivity contribution in [1.82, 2.24) is 25.6 Å². The van der Waals surface area contributed by atoms with Crippen LogP contribution in [0.5, 0.6) is 6.01 Å². The highest BCUT2D eigenvalue weighted by atomic mass is 35.5. The van der Waals surface area contributed by atoms with E-state index in [4.69, 9.17) is 21.1 Å². The lowest BCUT2D eigenvalue weighted by atomic mass is 10.0. The molecule has 4 aromatic rings. The number of fused-ring (bicyclic) bond motifs is 1. The van der Waals surface area contributed by atoms with Gasteiger partial charge in [-0.15, -0.1) is 0 Å². The van der Waals surface area contributed by atoms with E-state index in [1.165, 1.54) is 31.4 Å². The van der Waals surface area contributed by atoms with E-state index in [-0.39, 0.29) is 40.0 Å². The summed E-state index contributed by atoms with van der Waals surface area (Å²) >= 11 is 6.35. The highest BCUT2D eigenvalue weighted by Gasteiger charge is 2.21. The first kappa shape index (κ1) is 32.0. The van der Waals surface area contributed by atoms with Crippen molar-refractivity contribution in [1.29, 1.82) is 0 Å². The van der Waals surface area contributed by atoms with Crippen molar-refractivity contribution in [2.24, 2.45) is 0 Å². The number of hydrogen-bond acceptors (Lipinski definition) is 8. The minimum atomic E-state index is -0.738. The number of H-pyrrole nitrogens is 1. The third-order valence-corrected chi connectivity index (χ3v) is 6.72. The van der Waals surface area contributed by atoms with Gasteiger partial charge in [-0.2, -0.15) is 9.97 Å². The smallest absolute Gasteiger partial charge is 0.407 e. The normalized spacial score (nSPS) is 11.9. The van der Waals surface area contributed by atoms with E-state index in [1.54, 1.807) is 27.7 Å². The number of methoxy groups -OCH3 is 1. The van der Waals surface area contributed by atoms with Crippen LogP contribution < -0.4 is 26.2 Å². The maximum absolute atomic E-state index is 13.4. The van der Waals surface area contributed by atoms with Gasteiger partial charge in [0.25, 0.3) is 17.4 Å². The van der Waals surface area contributed by atoms with Gasteiger partial charge in [0.1, 0.15) is 16.8 Å². The molecule has 3 amide bonds. The van der Waals surface area contributed by atoms with Crippen LogP contribution in [0.3, 0.4) is 0 Å². The molecule has 44 heavy (non-hydrogen) atoms. The molecular weight excluding hydrogens is 588 g/mol. The molecule has 4 N–H and O–H groups in total. The van der Waals surface area contributed by atoms with Gasteiger partial charge in [0.15, 0.2) is 0 Å². The highest BCUT2D eigenvalue weighted by molar-refractivity contribution is 6.34. The number of aromatic amines is 1. The minimum Gasteiger partial charge on any atom is -0.467 e. The molecule has 1 unspecified atom stereocenters. The SMILES string of the molecule is COc1nc(C)c2cc(C(=O)Nc3cc(C(=O)NC(CCNC(=O)OC(C)(C)C)c4ccccc4)ccc3Cl)c(=O)[nH]c2n1. The molecule has 0 aliphatic heterocycles. The van der Waals surface area contributed by atoms with Crippen molar-refractivity contribution in [3.05, 3.63) is 92.4 Å². The van der Waals surface area contributed by atoms with Crippen LogP contribution in [0.15, 0.2) is 59.4 Å².